The zero-order valence-electron chi connectivity index (χ0n) is 11.0. The fourth-order valence-electron chi connectivity index (χ4n) is 2.70. The highest BCUT2D eigenvalue weighted by Gasteiger charge is 2.21. The first-order valence-electron chi connectivity index (χ1n) is 6.79. The summed E-state index contributed by atoms with van der Waals surface area (Å²) in [5.74, 6) is 0.986. The average molecular weight is 320 g/mol. The van der Waals surface area contributed by atoms with E-state index in [2.05, 4.69) is 56.7 Å². The van der Waals surface area contributed by atoms with E-state index in [9.17, 15) is 0 Å². The Balaban J connectivity index is 1.94. The molecule has 0 spiro atoms. The average Bonchev–Trinajstić information content (AvgIpc) is 2.42. The Morgan fingerprint density at radius 2 is 2.21 bits per heavy atom. The molecule has 1 aromatic carbocycles. The molecule has 2 unspecified atom stereocenters. The summed E-state index contributed by atoms with van der Waals surface area (Å²) in [7, 11) is 0. The minimum absolute atomic E-state index is 0.450. The fraction of sp³-hybridized carbons (Fsp3) is 0.400. The molecule has 0 amide bonds. The fourth-order valence-corrected chi connectivity index (χ4v) is 3.20. The van der Waals surface area contributed by atoms with Gasteiger partial charge in [0.15, 0.2) is 0 Å². The molecule has 2 N–H and O–H groups in total. The van der Waals surface area contributed by atoms with Gasteiger partial charge in [-0.1, -0.05) is 28.1 Å². The first-order valence-corrected chi connectivity index (χ1v) is 7.58. The van der Waals surface area contributed by atoms with Gasteiger partial charge in [-0.3, -0.25) is 0 Å². The minimum atomic E-state index is 0.450. The summed E-state index contributed by atoms with van der Waals surface area (Å²) < 4.78 is 1.12. The number of halogens is 1. The van der Waals surface area contributed by atoms with Crippen LogP contribution in [0.25, 0.3) is 10.8 Å². The Morgan fingerprint density at radius 3 is 3.05 bits per heavy atom. The largest absolute Gasteiger partial charge is 0.365 e. The molecule has 0 radical (unpaired) electrons. The van der Waals surface area contributed by atoms with Gasteiger partial charge in [0.1, 0.15) is 5.82 Å². The maximum Gasteiger partial charge on any atom is 0.134 e. The highest BCUT2D eigenvalue weighted by molar-refractivity contribution is 9.10. The second kappa shape index (κ2) is 5.47. The van der Waals surface area contributed by atoms with E-state index >= 15 is 0 Å². The topological polar surface area (TPSA) is 37.0 Å². The van der Waals surface area contributed by atoms with Crippen LogP contribution in [0.4, 0.5) is 5.82 Å². The zero-order valence-corrected chi connectivity index (χ0v) is 12.6. The first-order chi connectivity index (χ1) is 9.25. The van der Waals surface area contributed by atoms with Crippen LogP contribution in [0.3, 0.4) is 0 Å². The summed E-state index contributed by atoms with van der Waals surface area (Å²) in [5.41, 5.74) is 0. The zero-order chi connectivity index (χ0) is 13.2. The maximum atomic E-state index is 4.52. The van der Waals surface area contributed by atoms with Crippen molar-refractivity contribution in [2.45, 2.75) is 31.8 Å². The van der Waals surface area contributed by atoms with Gasteiger partial charge in [-0.2, -0.15) is 0 Å². The molecule has 0 saturated carbocycles. The van der Waals surface area contributed by atoms with Crippen molar-refractivity contribution in [1.82, 2.24) is 10.3 Å². The number of nitrogens with one attached hydrogen (secondary N) is 2. The summed E-state index contributed by atoms with van der Waals surface area (Å²) in [6.07, 6.45) is 4.28. The van der Waals surface area contributed by atoms with Crippen molar-refractivity contribution in [3.8, 4) is 0 Å². The predicted molar refractivity (Wildman–Crippen MR) is 83.6 cm³/mol. The molecule has 2 aromatic rings. The second-order valence-corrected chi connectivity index (χ2v) is 5.98. The summed E-state index contributed by atoms with van der Waals surface area (Å²) >= 11 is 3.60. The van der Waals surface area contributed by atoms with Crippen molar-refractivity contribution in [3.63, 3.8) is 0 Å². The molecule has 100 valence electrons. The van der Waals surface area contributed by atoms with E-state index in [4.69, 9.17) is 0 Å². The number of piperidine rings is 1. The minimum Gasteiger partial charge on any atom is -0.365 e. The van der Waals surface area contributed by atoms with Gasteiger partial charge in [-0.15, -0.1) is 0 Å². The summed E-state index contributed by atoms with van der Waals surface area (Å²) in [6, 6.07) is 9.23. The van der Waals surface area contributed by atoms with Gasteiger partial charge in [0.2, 0.25) is 0 Å². The lowest BCUT2D eigenvalue weighted by atomic mass is 9.99. The molecule has 3 rings (SSSR count). The van der Waals surface area contributed by atoms with Crippen LogP contribution in [-0.4, -0.2) is 23.6 Å². The van der Waals surface area contributed by atoms with Gasteiger partial charge in [-0.05, 0) is 38.4 Å². The van der Waals surface area contributed by atoms with Crippen LogP contribution in [0, 0.1) is 0 Å². The van der Waals surface area contributed by atoms with Crippen LogP contribution in [0.5, 0.6) is 0 Å². The van der Waals surface area contributed by atoms with Crippen LogP contribution in [0.1, 0.15) is 19.8 Å². The number of hydrogen-bond donors (Lipinski definition) is 2. The Hall–Kier alpha value is -1.13. The second-order valence-electron chi connectivity index (χ2n) is 5.13. The maximum absolute atomic E-state index is 4.52. The van der Waals surface area contributed by atoms with E-state index in [0.29, 0.717) is 12.1 Å². The van der Waals surface area contributed by atoms with E-state index in [1.807, 2.05) is 12.3 Å². The van der Waals surface area contributed by atoms with Crippen LogP contribution in [0.2, 0.25) is 0 Å². The number of hydrogen-bond acceptors (Lipinski definition) is 3. The van der Waals surface area contributed by atoms with E-state index < -0.39 is 0 Å². The molecule has 2 atom stereocenters. The van der Waals surface area contributed by atoms with Crippen molar-refractivity contribution < 1.29 is 0 Å². The summed E-state index contributed by atoms with van der Waals surface area (Å²) in [6.45, 7) is 3.35. The molecule has 2 heterocycles. The lowest BCUT2D eigenvalue weighted by Crippen LogP contribution is -2.46. The highest BCUT2D eigenvalue weighted by Crippen LogP contribution is 2.28. The lowest BCUT2D eigenvalue weighted by Gasteiger charge is -2.31. The highest BCUT2D eigenvalue weighted by atomic mass is 79.9. The summed E-state index contributed by atoms with van der Waals surface area (Å²) in [5, 5.41) is 9.50. The SMILES string of the molecule is CC1NCCCC1Nc1nccc2c(Br)cccc12. The Labute approximate surface area is 121 Å². The Kier molecular flexibility index (Phi) is 3.71. The van der Waals surface area contributed by atoms with E-state index in [0.717, 1.165) is 16.8 Å². The third-order valence-corrected chi connectivity index (χ3v) is 4.53. The van der Waals surface area contributed by atoms with Gasteiger partial charge in [0, 0.05) is 33.5 Å². The van der Waals surface area contributed by atoms with E-state index in [-0.39, 0.29) is 0 Å². The molecular formula is C15H18BrN3. The van der Waals surface area contributed by atoms with Gasteiger partial charge in [0.25, 0.3) is 0 Å². The third kappa shape index (κ3) is 2.60. The Morgan fingerprint density at radius 1 is 1.32 bits per heavy atom. The molecule has 1 saturated heterocycles. The molecule has 0 aliphatic carbocycles. The predicted octanol–water partition coefficient (Wildman–Crippen LogP) is 3.55. The number of pyridine rings is 1. The number of anilines is 1. The van der Waals surface area contributed by atoms with Crippen molar-refractivity contribution in [1.29, 1.82) is 0 Å². The molecule has 1 aliphatic rings. The standard InChI is InChI=1S/C15H18BrN3/c1-10-14(6-3-8-17-10)19-15-12-4-2-5-13(16)11(12)7-9-18-15/h2,4-5,7,9-10,14,17H,3,6,8H2,1H3,(H,18,19). The monoisotopic (exact) mass is 319 g/mol. The quantitative estimate of drug-likeness (QED) is 0.888. The lowest BCUT2D eigenvalue weighted by molar-refractivity contribution is 0.389. The molecule has 1 aromatic heterocycles. The van der Waals surface area contributed by atoms with Crippen LogP contribution in [0.15, 0.2) is 34.9 Å². The molecule has 1 fully saturated rings. The molecular weight excluding hydrogens is 302 g/mol. The number of rotatable bonds is 2. The van der Waals surface area contributed by atoms with Crippen molar-refractivity contribution in [3.05, 3.63) is 34.9 Å². The van der Waals surface area contributed by atoms with E-state index in [1.165, 1.54) is 23.6 Å². The van der Waals surface area contributed by atoms with Gasteiger partial charge >= 0.3 is 0 Å². The number of nitrogens with zero attached hydrogens (tertiary/aromatic N) is 1. The number of benzene rings is 1. The van der Waals surface area contributed by atoms with Crippen molar-refractivity contribution in [2.24, 2.45) is 0 Å². The normalized spacial score (nSPS) is 23.5. The number of aromatic nitrogens is 1. The Bertz CT molecular complexity index is 585. The third-order valence-electron chi connectivity index (χ3n) is 3.84. The molecule has 3 nitrogen and oxygen atoms in total. The number of fused-ring (bicyclic) bond motifs is 1. The molecule has 1 aliphatic heterocycles. The summed E-state index contributed by atoms with van der Waals surface area (Å²) in [4.78, 5) is 4.52. The van der Waals surface area contributed by atoms with E-state index in [1.54, 1.807) is 0 Å². The van der Waals surface area contributed by atoms with Crippen LogP contribution < -0.4 is 10.6 Å². The first kappa shape index (κ1) is 12.9. The van der Waals surface area contributed by atoms with Gasteiger partial charge in [0.05, 0.1) is 0 Å². The molecule has 4 heteroatoms. The van der Waals surface area contributed by atoms with Gasteiger partial charge in [-0.25, -0.2) is 4.98 Å². The molecule has 19 heavy (non-hydrogen) atoms. The van der Waals surface area contributed by atoms with Crippen molar-refractivity contribution >= 4 is 32.5 Å². The smallest absolute Gasteiger partial charge is 0.134 e. The molecule has 0 bridgehead atoms. The van der Waals surface area contributed by atoms with Crippen molar-refractivity contribution in [2.75, 3.05) is 11.9 Å². The van der Waals surface area contributed by atoms with Crippen LogP contribution in [-0.2, 0) is 0 Å². The van der Waals surface area contributed by atoms with Gasteiger partial charge < -0.3 is 10.6 Å². The van der Waals surface area contributed by atoms with Crippen LogP contribution >= 0.6 is 15.9 Å².